The molecule has 0 radical (unpaired) electrons. The molecule has 0 aliphatic carbocycles. The molecule has 1 aromatic heterocycles. The highest BCUT2D eigenvalue weighted by Crippen LogP contribution is 2.13. The second-order valence-electron chi connectivity index (χ2n) is 2.70. The lowest BCUT2D eigenvalue weighted by molar-refractivity contribution is 1.16. The van der Waals surface area contributed by atoms with E-state index in [-0.39, 0.29) is 0 Å². The van der Waals surface area contributed by atoms with Crippen LogP contribution in [0.4, 0.5) is 5.82 Å². The summed E-state index contributed by atoms with van der Waals surface area (Å²) in [5, 5.41) is 10.5. The molecular weight excluding hydrogens is 192 g/mol. The van der Waals surface area contributed by atoms with Crippen LogP contribution in [0, 0.1) is 0 Å². The molecule has 0 aliphatic heterocycles. The number of para-hydroxylation sites is 2. The van der Waals surface area contributed by atoms with Crippen LogP contribution in [-0.2, 0) is 0 Å². The predicted molar refractivity (Wildman–Crippen MR) is 56.7 cm³/mol. The van der Waals surface area contributed by atoms with Crippen LogP contribution >= 0.6 is 0 Å². The molecule has 0 bridgehead atoms. The minimum absolute atomic E-state index is 0.425. The van der Waals surface area contributed by atoms with E-state index in [2.05, 4.69) is 25.3 Å². The van der Waals surface area contributed by atoms with E-state index in [9.17, 15) is 0 Å². The van der Waals surface area contributed by atoms with Crippen molar-refractivity contribution < 1.29 is 0 Å². The first-order valence-electron chi connectivity index (χ1n) is 4.24. The lowest BCUT2D eigenvalue weighted by atomic mass is 10.3. The maximum Gasteiger partial charge on any atom is 0.193 e. The summed E-state index contributed by atoms with van der Waals surface area (Å²) in [5.74, 6) is 5.29. The van der Waals surface area contributed by atoms with Gasteiger partial charge in [0.25, 0.3) is 0 Å². The molecule has 1 heterocycles. The standard InChI is InChI=1S/C9H8N6/c10-12-6-13-15-9-5-11-7-3-1-2-4-8(7)14-9/h1-6H,10H2/b12-6+,15-13?. The Morgan fingerprint density at radius 3 is 2.80 bits per heavy atom. The third kappa shape index (κ3) is 2.11. The minimum Gasteiger partial charge on any atom is -0.322 e. The topological polar surface area (TPSA) is 88.9 Å². The number of nitrogens with two attached hydrogens (primary N) is 1. The number of hydrazone groups is 1. The van der Waals surface area contributed by atoms with Gasteiger partial charge in [-0.25, -0.2) is 4.98 Å². The SMILES string of the molecule is N/N=C/N=Nc1cnc2ccccc2n1. The Labute approximate surface area is 85.6 Å². The van der Waals surface area contributed by atoms with E-state index < -0.39 is 0 Å². The summed E-state index contributed by atoms with van der Waals surface area (Å²) in [6.45, 7) is 0. The van der Waals surface area contributed by atoms with E-state index in [1.54, 1.807) is 0 Å². The molecule has 0 atom stereocenters. The second kappa shape index (κ2) is 4.23. The van der Waals surface area contributed by atoms with Gasteiger partial charge in [-0.05, 0) is 12.1 Å². The first kappa shape index (κ1) is 9.20. The van der Waals surface area contributed by atoms with Crippen molar-refractivity contribution in [2.24, 2.45) is 21.2 Å². The predicted octanol–water partition coefficient (Wildman–Crippen LogP) is 1.62. The fraction of sp³-hybridized carbons (Fsp3) is 0. The molecule has 6 nitrogen and oxygen atoms in total. The van der Waals surface area contributed by atoms with Crippen molar-refractivity contribution in [1.82, 2.24) is 9.97 Å². The van der Waals surface area contributed by atoms with E-state index in [1.807, 2.05) is 24.3 Å². The van der Waals surface area contributed by atoms with Gasteiger partial charge < -0.3 is 5.84 Å². The van der Waals surface area contributed by atoms with Gasteiger partial charge in [-0.1, -0.05) is 12.1 Å². The Morgan fingerprint density at radius 2 is 2.00 bits per heavy atom. The number of rotatable bonds is 2. The highest BCUT2D eigenvalue weighted by Gasteiger charge is 1.96. The zero-order valence-electron chi connectivity index (χ0n) is 7.78. The summed E-state index contributed by atoms with van der Waals surface area (Å²) in [6, 6.07) is 7.53. The average molecular weight is 200 g/mol. The number of fused-ring (bicyclic) bond motifs is 1. The third-order valence-electron chi connectivity index (χ3n) is 1.71. The molecule has 2 rings (SSSR count). The van der Waals surface area contributed by atoms with Crippen LogP contribution in [0.15, 0.2) is 45.8 Å². The fourth-order valence-electron chi connectivity index (χ4n) is 1.11. The van der Waals surface area contributed by atoms with Gasteiger partial charge in [0, 0.05) is 0 Å². The number of hydrogen-bond donors (Lipinski definition) is 1. The van der Waals surface area contributed by atoms with Gasteiger partial charge in [-0.15, -0.1) is 10.2 Å². The lowest BCUT2D eigenvalue weighted by Crippen LogP contribution is -1.82. The van der Waals surface area contributed by atoms with Gasteiger partial charge in [-0.2, -0.15) is 5.10 Å². The largest absolute Gasteiger partial charge is 0.322 e. The highest BCUT2D eigenvalue weighted by atomic mass is 15.2. The van der Waals surface area contributed by atoms with Crippen LogP contribution in [-0.4, -0.2) is 16.3 Å². The van der Waals surface area contributed by atoms with E-state index in [0.717, 1.165) is 17.4 Å². The van der Waals surface area contributed by atoms with Crippen molar-refractivity contribution in [1.29, 1.82) is 0 Å². The van der Waals surface area contributed by atoms with Crippen molar-refractivity contribution in [2.45, 2.75) is 0 Å². The monoisotopic (exact) mass is 200 g/mol. The summed E-state index contributed by atoms with van der Waals surface area (Å²) in [6.07, 6.45) is 2.67. The summed E-state index contributed by atoms with van der Waals surface area (Å²) >= 11 is 0. The van der Waals surface area contributed by atoms with Crippen molar-refractivity contribution in [3.05, 3.63) is 30.5 Å². The summed E-state index contributed by atoms with van der Waals surface area (Å²) in [4.78, 5) is 8.39. The Hall–Kier alpha value is -2.37. The molecule has 0 saturated carbocycles. The molecule has 74 valence electrons. The number of azo groups is 1. The van der Waals surface area contributed by atoms with Gasteiger partial charge in [0.15, 0.2) is 12.2 Å². The van der Waals surface area contributed by atoms with Crippen LogP contribution in [0.5, 0.6) is 0 Å². The Kier molecular flexibility index (Phi) is 2.59. The Bertz CT molecular complexity index is 519. The van der Waals surface area contributed by atoms with Crippen LogP contribution in [0.25, 0.3) is 11.0 Å². The third-order valence-corrected chi connectivity index (χ3v) is 1.71. The normalized spacial score (nSPS) is 11.7. The molecule has 2 aromatic rings. The molecule has 0 spiro atoms. The first-order chi connectivity index (χ1) is 7.40. The average Bonchev–Trinajstić information content (AvgIpc) is 2.29. The fourth-order valence-corrected chi connectivity index (χ4v) is 1.11. The zero-order valence-corrected chi connectivity index (χ0v) is 7.78. The first-order valence-corrected chi connectivity index (χ1v) is 4.24. The number of nitrogens with zero attached hydrogens (tertiary/aromatic N) is 5. The molecule has 2 N–H and O–H groups in total. The molecule has 15 heavy (non-hydrogen) atoms. The van der Waals surface area contributed by atoms with Crippen LogP contribution in [0.2, 0.25) is 0 Å². The van der Waals surface area contributed by atoms with Crippen LogP contribution in [0.1, 0.15) is 0 Å². The summed E-state index contributed by atoms with van der Waals surface area (Å²) in [7, 11) is 0. The van der Waals surface area contributed by atoms with E-state index in [4.69, 9.17) is 5.84 Å². The van der Waals surface area contributed by atoms with Gasteiger partial charge >= 0.3 is 0 Å². The number of aromatic nitrogens is 2. The van der Waals surface area contributed by atoms with Crippen LogP contribution in [0.3, 0.4) is 0 Å². The van der Waals surface area contributed by atoms with Crippen molar-refractivity contribution in [2.75, 3.05) is 0 Å². The van der Waals surface area contributed by atoms with Crippen molar-refractivity contribution >= 4 is 23.2 Å². The molecule has 0 saturated heterocycles. The second-order valence-corrected chi connectivity index (χ2v) is 2.70. The van der Waals surface area contributed by atoms with Gasteiger partial charge in [0.2, 0.25) is 0 Å². The minimum atomic E-state index is 0.425. The van der Waals surface area contributed by atoms with E-state index in [0.29, 0.717) is 5.82 Å². The van der Waals surface area contributed by atoms with Crippen LogP contribution < -0.4 is 5.84 Å². The van der Waals surface area contributed by atoms with Gasteiger partial charge in [-0.3, -0.25) is 4.98 Å². The van der Waals surface area contributed by atoms with Crippen molar-refractivity contribution in [3.8, 4) is 0 Å². The zero-order chi connectivity index (χ0) is 10.5. The highest BCUT2D eigenvalue weighted by molar-refractivity contribution is 5.74. The molecule has 0 fully saturated rings. The molecule has 0 unspecified atom stereocenters. The quantitative estimate of drug-likeness (QED) is 0.262. The molecular formula is C9H8N6. The smallest absolute Gasteiger partial charge is 0.193 e. The Balaban J connectivity index is 2.38. The summed E-state index contributed by atoms with van der Waals surface area (Å²) < 4.78 is 0. The van der Waals surface area contributed by atoms with Gasteiger partial charge in [0.05, 0.1) is 17.2 Å². The number of hydrogen-bond acceptors (Lipinski definition) is 5. The maximum absolute atomic E-state index is 4.86. The molecule has 6 heteroatoms. The molecule has 1 aromatic carbocycles. The van der Waals surface area contributed by atoms with Gasteiger partial charge in [0.1, 0.15) is 0 Å². The maximum atomic E-state index is 4.86. The molecule has 0 amide bonds. The molecule has 0 aliphatic rings. The van der Waals surface area contributed by atoms with E-state index >= 15 is 0 Å². The number of benzene rings is 1. The lowest BCUT2D eigenvalue weighted by Gasteiger charge is -1.95. The van der Waals surface area contributed by atoms with Crippen molar-refractivity contribution in [3.63, 3.8) is 0 Å². The summed E-state index contributed by atoms with van der Waals surface area (Å²) in [5.41, 5.74) is 1.60. The van der Waals surface area contributed by atoms with E-state index in [1.165, 1.54) is 6.20 Å². The Morgan fingerprint density at radius 1 is 1.20 bits per heavy atom.